The van der Waals surface area contributed by atoms with E-state index in [2.05, 4.69) is 84.9 Å². The van der Waals surface area contributed by atoms with Crippen molar-refractivity contribution < 1.29 is 48.0 Å². The average Bonchev–Trinajstić information content (AvgIpc) is 3.28. The summed E-state index contributed by atoms with van der Waals surface area (Å²) < 4.78 is 3.30. The van der Waals surface area contributed by atoms with Crippen LogP contribution in [0.3, 0.4) is 0 Å². The first-order chi connectivity index (χ1) is 13.4. The zero-order chi connectivity index (χ0) is 17.8. The summed E-state index contributed by atoms with van der Waals surface area (Å²) in [6.07, 6.45) is 2.22. The second kappa shape index (κ2) is 8.23. The molecule has 0 radical (unpaired) electrons. The fourth-order valence-corrected chi connectivity index (χ4v) is 8.13. The molecule has 29 heavy (non-hydrogen) atoms. The van der Waals surface area contributed by atoms with E-state index >= 15 is 0 Å². The Morgan fingerprint density at radius 1 is 0.448 bits per heavy atom. The predicted molar refractivity (Wildman–Crippen MR) is 109 cm³/mol. The first-order valence-corrected chi connectivity index (χ1v) is 12.0. The van der Waals surface area contributed by atoms with Crippen molar-refractivity contribution >= 4 is 6.54 Å². The Bertz CT molecular complexity index is 1120. The summed E-state index contributed by atoms with van der Waals surface area (Å²) in [5.74, 6) is 0. The van der Waals surface area contributed by atoms with Gasteiger partial charge in [0.1, 0.15) is 0 Å². The molecular formula is C26H18Cl2Zr. The number of hydrogen-bond donors (Lipinski definition) is 0. The number of hydrogen-bond acceptors (Lipinski definition) is 0. The summed E-state index contributed by atoms with van der Waals surface area (Å²) in [7, 11) is 0. The molecule has 0 aliphatic heterocycles. The van der Waals surface area contributed by atoms with E-state index in [1.165, 1.54) is 33.4 Å². The van der Waals surface area contributed by atoms with Gasteiger partial charge in [0.2, 0.25) is 0 Å². The van der Waals surface area contributed by atoms with Gasteiger partial charge in [0.05, 0.1) is 0 Å². The van der Waals surface area contributed by atoms with Crippen LogP contribution in [0.2, 0.25) is 0 Å². The Morgan fingerprint density at radius 3 is 1.34 bits per heavy atom. The van der Waals surface area contributed by atoms with Gasteiger partial charge in [0, 0.05) is 0 Å². The van der Waals surface area contributed by atoms with Gasteiger partial charge in [-0.3, -0.25) is 0 Å². The van der Waals surface area contributed by atoms with E-state index in [1.807, 2.05) is 0 Å². The quantitative estimate of drug-likeness (QED) is 0.287. The van der Waals surface area contributed by atoms with Crippen molar-refractivity contribution in [2.45, 2.75) is 12.8 Å². The van der Waals surface area contributed by atoms with Crippen LogP contribution in [-0.2, 0) is 36.1 Å². The molecule has 3 heteroatoms. The third-order valence-corrected chi connectivity index (χ3v) is 9.60. The van der Waals surface area contributed by atoms with Crippen molar-refractivity contribution in [1.82, 2.24) is 0 Å². The van der Waals surface area contributed by atoms with Gasteiger partial charge in [-0.1, -0.05) is 0 Å². The maximum atomic E-state index is 2.40. The zero-order valence-corrected chi connectivity index (χ0v) is 19.7. The molecule has 2 aliphatic carbocycles. The van der Waals surface area contributed by atoms with Crippen LogP contribution in [0.4, 0.5) is 0 Å². The van der Waals surface area contributed by atoms with Gasteiger partial charge in [0.15, 0.2) is 0 Å². The minimum atomic E-state index is -0.849. The summed E-state index contributed by atoms with van der Waals surface area (Å²) >= 11 is -0.849. The monoisotopic (exact) mass is 490 g/mol. The third-order valence-electron chi connectivity index (χ3n) is 5.97. The van der Waals surface area contributed by atoms with Gasteiger partial charge >= 0.3 is 172 Å². The summed E-state index contributed by atoms with van der Waals surface area (Å²) in [5, 5.41) is 0. The first-order valence-electron chi connectivity index (χ1n) is 9.56. The van der Waals surface area contributed by atoms with Crippen LogP contribution in [0.1, 0.15) is 22.3 Å². The van der Waals surface area contributed by atoms with E-state index in [0.29, 0.717) is 0 Å². The molecule has 0 bridgehead atoms. The molecule has 0 atom stereocenters. The zero-order valence-electron chi connectivity index (χ0n) is 15.8. The molecule has 0 saturated carbocycles. The summed E-state index contributed by atoms with van der Waals surface area (Å²) in [4.78, 5) is 0. The van der Waals surface area contributed by atoms with Crippen LogP contribution in [-0.4, -0.2) is 0 Å². The van der Waals surface area contributed by atoms with E-state index in [9.17, 15) is 0 Å². The van der Waals surface area contributed by atoms with E-state index in [-0.39, 0.29) is 24.8 Å². The van der Waals surface area contributed by atoms with Crippen molar-refractivity contribution in [3.05, 3.63) is 107 Å². The van der Waals surface area contributed by atoms with Crippen molar-refractivity contribution in [2.75, 3.05) is 0 Å². The van der Waals surface area contributed by atoms with Crippen LogP contribution < -0.4 is 31.4 Å². The molecule has 2 aliphatic rings. The topological polar surface area (TPSA) is 0 Å². The Hall–Kier alpha value is -1.66. The van der Waals surface area contributed by atoms with Crippen molar-refractivity contribution in [1.29, 1.82) is 0 Å². The average molecular weight is 493 g/mol. The van der Waals surface area contributed by atoms with Crippen LogP contribution in [0.5, 0.6) is 0 Å². The molecule has 0 spiro atoms. The molecule has 4 aromatic rings. The molecule has 0 saturated heterocycles. The van der Waals surface area contributed by atoms with E-state index < -0.39 is 23.2 Å². The molecule has 6 rings (SSSR count). The number of benzene rings is 4. The van der Waals surface area contributed by atoms with Crippen molar-refractivity contribution in [3.63, 3.8) is 0 Å². The van der Waals surface area contributed by atoms with Crippen LogP contribution in [0.15, 0.2) is 84.9 Å². The van der Waals surface area contributed by atoms with Crippen LogP contribution >= 0.6 is 0 Å². The number of rotatable bonds is 2. The predicted octanol–water partition coefficient (Wildman–Crippen LogP) is -1.13. The van der Waals surface area contributed by atoms with Crippen LogP contribution in [0, 0.1) is 0 Å². The number of halogens is 2. The Labute approximate surface area is 195 Å². The van der Waals surface area contributed by atoms with Gasteiger partial charge in [-0.15, -0.1) is 0 Å². The van der Waals surface area contributed by atoms with E-state index in [4.69, 9.17) is 0 Å². The van der Waals surface area contributed by atoms with E-state index in [0.717, 1.165) is 12.8 Å². The van der Waals surface area contributed by atoms with E-state index in [1.54, 1.807) is 17.7 Å². The normalized spacial score (nSPS) is 11.9. The Balaban J connectivity index is 0.00000102. The molecule has 140 valence electrons. The molecular weight excluding hydrogens is 474 g/mol. The molecule has 0 nitrogen and oxygen atoms in total. The Kier molecular flexibility index (Phi) is 5.85. The molecule has 0 unspecified atom stereocenters. The number of fused-ring (bicyclic) bond motifs is 6. The minimum absolute atomic E-state index is 0. The van der Waals surface area contributed by atoms with Gasteiger partial charge in [-0.2, -0.15) is 0 Å². The second-order valence-electron chi connectivity index (χ2n) is 7.46. The summed E-state index contributed by atoms with van der Waals surface area (Å²) in [6, 6.07) is 31.8. The molecule has 0 amide bonds. The first kappa shape index (κ1) is 20.6. The SMILES string of the molecule is [Cl-].[Cl-].c1ccc2c(c1)Cc1[c]([Zr+2][c]3cccc4c3Cc3ccccc3-4)cccc1-2. The summed E-state index contributed by atoms with van der Waals surface area (Å²) in [6.45, 7) is 0. The fraction of sp³-hybridized carbons (Fsp3) is 0.0769. The molecule has 0 N–H and O–H groups in total. The molecule has 0 fully saturated rings. The Morgan fingerprint density at radius 2 is 0.862 bits per heavy atom. The molecule has 0 aromatic heterocycles. The molecule has 0 heterocycles. The third kappa shape index (κ3) is 3.34. The van der Waals surface area contributed by atoms with Gasteiger partial charge in [-0.05, 0) is 0 Å². The second-order valence-corrected chi connectivity index (χ2v) is 10.7. The van der Waals surface area contributed by atoms with Gasteiger partial charge in [-0.25, -0.2) is 0 Å². The molecule has 4 aromatic carbocycles. The summed E-state index contributed by atoms with van der Waals surface area (Å²) in [5.41, 5.74) is 12.0. The van der Waals surface area contributed by atoms with Gasteiger partial charge < -0.3 is 24.8 Å². The standard InChI is InChI=1S/2C13H9.2ClH.Zr/c2*1-3-7-12-10(5-1)9-11-6-2-4-8-13(11)12;;;/h2*1-5,7-8H,9H2;2*1H;/q;;;;+2/p-2. The van der Waals surface area contributed by atoms with Gasteiger partial charge in [0.25, 0.3) is 0 Å². The van der Waals surface area contributed by atoms with Crippen LogP contribution in [0.25, 0.3) is 22.3 Å². The van der Waals surface area contributed by atoms with Crippen molar-refractivity contribution in [2.24, 2.45) is 0 Å². The fourth-order valence-electron chi connectivity index (χ4n) is 4.69. The maximum absolute atomic E-state index is 2.40. The van der Waals surface area contributed by atoms with Crippen molar-refractivity contribution in [3.8, 4) is 22.3 Å².